The summed E-state index contributed by atoms with van der Waals surface area (Å²) in [6, 6.07) is 0. The molecular weight excluding hydrogens is 211 g/mol. The molecule has 1 atom stereocenters. The standard InChI is InChI=1S/C11H23O3P/c1-3-4-10-15(12,13-2)14-11-8-6-5-7-9-11/h11H,3-10H2,1-2H3. The molecule has 0 bridgehead atoms. The average Bonchev–Trinajstić information content (AvgIpc) is 2.28. The third-order valence-electron chi connectivity index (χ3n) is 2.93. The minimum atomic E-state index is -2.79. The van der Waals surface area contributed by atoms with Gasteiger partial charge >= 0.3 is 7.60 Å². The van der Waals surface area contributed by atoms with Crippen LogP contribution in [-0.4, -0.2) is 19.4 Å². The molecule has 0 N–H and O–H groups in total. The quantitative estimate of drug-likeness (QED) is 0.652. The molecule has 1 saturated carbocycles. The van der Waals surface area contributed by atoms with Crippen molar-refractivity contribution >= 4 is 7.60 Å². The number of hydrogen-bond donors (Lipinski definition) is 0. The fraction of sp³-hybridized carbons (Fsp3) is 1.00. The van der Waals surface area contributed by atoms with Crippen molar-refractivity contribution in [1.29, 1.82) is 0 Å². The van der Waals surface area contributed by atoms with Crippen molar-refractivity contribution in [3.63, 3.8) is 0 Å². The Kier molecular flexibility index (Phi) is 5.88. The van der Waals surface area contributed by atoms with Crippen LogP contribution in [0.3, 0.4) is 0 Å². The van der Waals surface area contributed by atoms with Crippen LogP contribution in [0, 0.1) is 0 Å². The summed E-state index contributed by atoms with van der Waals surface area (Å²) >= 11 is 0. The Bertz CT molecular complexity index is 212. The number of unbranched alkanes of at least 4 members (excludes halogenated alkanes) is 1. The molecule has 0 heterocycles. The molecule has 0 aromatic rings. The lowest BCUT2D eigenvalue weighted by Gasteiger charge is -2.26. The van der Waals surface area contributed by atoms with Crippen LogP contribution in [0.1, 0.15) is 51.9 Å². The summed E-state index contributed by atoms with van der Waals surface area (Å²) in [5, 5.41) is 0. The molecular formula is C11H23O3P. The molecule has 90 valence electrons. The summed E-state index contributed by atoms with van der Waals surface area (Å²) in [5.74, 6) is 0. The lowest BCUT2D eigenvalue weighted by molar-refractivity contribution is 0.126. The minimum Gasteiger partial charge on any atom is -0.312 e. The van der Waals surface area contributed by atoms with Gasteiger partial charge in [-0.2, -0.15) is 0 Å². The van der Waals surface area contributed by atoms with Crippen LogP contribution in [0.5, 0.6) is 0 Å². The first-order valence-electron chi connectivity index (χ1n) is 6.03. The van der Waals surface area contributed by atoms with E-state index in [-0.39, 0.29) is 6.10 Å². The highest BCUT2D eigenvalue weighted by atomic mass is 31.2. The molecule has 1 aliphatic carbocycles. The second-order valence-electron chi connectivity index (χ2n) is 4.24. The molecule has 1 unspecified atom stereocenters. The smallest absolute Gasteiger partial charge is 0.312 e. The second-order valence-corrected chi connectivity index (χ2v) is 6.48. The zero-order valence-electron chi connectivity index (χ0n) is 9.91. The van der Waals surface area contributed by atoms with E-state index < -0.39 is 7.60 Å². The first-order valence-corrected chi connectivity index (χ1v) is 7.76. The maximum Gasteiger partial charge on any atom is 0.330 e. The maximum absolute atomic E-state index is 12.2. The van der Waals surface area contributed by atoms with E-state index in [4.69, 9.17) is 9.05 Å². The van der Waals surface area contributed by atoms with Gasteiger partial charge in [0, 0.05) is 7.11 Å². The Balaban J connectivity index is 2.39. The topological polar surface area (TPSA) is 35.5 Å². The van der Waals surface area contributed by atoms with E-state index in [0.717, 1.165) is 25.7 Å². The normalized spacial score (nSPS) is 22.5. The molecule has 1 aliphatic rings. The van der Waals surface area contributed by atoms with Crippen LogP contribution >= 0.6 is 7.60 Å². The highest BCUT2D eigenvalue weighted by Crippen LogP contribution is 2.50. The molecule has 0 amide bonds. The van der Waals surface area contributed by atoms with E-state index in [1.165, 1.54) is 26.4 Å². The average molecular weight is 234 g/mol. The highest BCUT2D eigenvalue weighted by Gasteiger charge is 2.27. The van der Waals surface area contributed by atoms with Crippen molar-refractivity contribution < 1.29 is 13.6 Å². The van der Waals surface area contributed by atoms with E-state index in [2.05, 4.69) is 6.92 Å². The summed E-state index contributed by atoms with van der Waals surface area (Å²) in [6.07, 6.45) is 8.44. The van der Waals surface area contributed by atoms with Crippen LogP contribution in [0.2, 0.25) is 0 Å². The van der Waals surface area contributed by atoms with Gasteiger partial charge < -0.3 is 9.05 Å². The van der Waals surface area contributed by atoms with Crippen molar-refractivity contribution in [2.45, 2.75) is 58.0 Å². The van der Waals surface area contributed by atoms with Crippen LogP contribution in [0.25, 0.3) is 0 Å². The first-order chi connectivity index (χ1) is 7.20. The third-order valence-corrected chi connectivity index (χ3v) is 4.97. The highest BCUT2D eigenvalue weighted by molar-refractivity contribution is 7.53. The predicted molar refractivity (Wildman–Crippen MR) is 62.3 cm³/mol. The van der Waals surface area contributed by atoms with Gasteiger partial charge in [0.2, 0.25) is 0 Å². The fourth-order valence-corrected chi connectivity index (χ4v) is 3.68. The van der Waals surface area contributed by atoms with E-state index in [1.54, 1.807) is 0 Å². The Hall–Kier alpha value is 0.150. The molecule has 0 aromatic carbocycles. The first kappa shape index (κ1) is 13.2. The van der Waals surface area contributed by atoms with E-state index in [1.807, 2.05) is 0 Å². The molecule has 3 nitrogen and oxygen atoms in total. The fourth-order valence-electron chi connectivity index (χ4n) is 1.94. The predicted octanol–water partition coefficient (Wildman–Crippen LogP) is 3.98. The van der Waals surface area contributed by atoms with Crippen LogP contribution < -0.4 is 0 Å². The van der Waals surface area contributed by atoms with Crippen molar-refractivity contribution in [1.82, 2.24) is 0 Å². The molecule has 0 saturated heterocycles. The van der Waals surface area contributed by atoms with Gasteiger partial charge in [-0.1, -0.05) is 32.6 Å². The molecule has 1 rings (SSSR count). The largest absolute Gasteiger partial charge is 0.330 e. The minimum absolute atomic E-state index is 0.168. The molecule has 4 heteroatoms. The van der Waals surface area contributed by atoms with Crippen molar-refractivity contribution in [2.75, 3.05) is 13.3 Å². The van der Waals surface area contributed by atoms with Crippen molar-refractivity contribution in [2.24, 2.45) is 0 Å². The Morgan fingerprint density at radius 1 is 1.27 bits per heavy atom. The Morgan fingerprint density at radius 3 is 2.47 bits per heavy atom. The SMILES string of the molecule is CCCCP(=O)(OC)OC1CCCCC1. The summed E-state index contributed by atoms with van der Waals surface area (Å²) < 4.78 is 22.9. The van der Waals surface area contributed by atoms with Crippen LogP contribution in [0.4, 0.5) is 0 Å². The van der Waals surface area contributed by atoms with Crippen LogP contribution in [-0.2, 0) is 13.6 Å². The lowest BCUT2D eigenvalue weighted by atomic mass is 9.98. The van der Waals surface area contributed by atoms with E-state index in [9.17, 15) is 4.57 Å². The molecule has 0 aromatic heterocycles. The van der Waals surface area contributed by atoms with Gasteiger partial charge in [-0.3, -0.25) is 4.57 Å². The van der Waals surface area contributed by atoms with Crippen molar-refractivity contribution in [3.05, 3.63) is 0 Å². The number of hydrogen-bond acceptors (Lipinski definition) is 3. The zero-order valence-corrected chi connectivity index (χ0v) is 10.8. The van der Waals surface area contributed by atoms with Gasteiger partial charge in [0.1, 0.15) is 0 Å². The third kappa shape index (κ3) is 4.67. The van der Waals surface area contributed by atoms with Gasteiger partial charge in [-0.05, 0) is 19.3 Å². The van der Waals surface area contributed by atoms with E-state index in [0.29, 0.717) is 6.16 Å². The summed E-state index contributed by atoms with van der Waals surface area (Å²) in [5.41, 5.74) is 0. The summed E-state index contributed by atoms with van der Waals surface area (Å²) in [7, 11) is -1.29. The van der Waals surface area contributed by atoms with Crippen LogP contribution in [0.15, 0.2) is 0 Å². The maximum atomic E-state index is 12.2. The van der Waals surface area contributed by atoms with Gasteiger partial charge in [0.15, 0.2) is 0 Å². The molecule has 15 heavy (non-hydrogen) atoms. The molecule has 0 radical (unpaired) electrons. The summed E-state index contributed by atoms with van der Waals surface area (Å²) in [6.45, 7) is 2.08. The molecule has 1 fully saturated rings. The van der Waals surface area contributed by atoms with Gasteiger partial charge in [0.05, 0.1) is 12.3 Å². The zero-order chi connectivity index (χ0) is 11.1. The van der Waals surface area contributed by atoms with Gasteiger partial charge in [-0.15, -0.1) is 0 Å². The second kappa shape index (κ2) is 6.67. The summed E-state index contributed by atoms with van der Waals surface area (Å²) in [4.78, 5) is 0. The Labute approximate surface area is 93.1 Å². The van der Waals surface area contributed by atoms with Crippen molar-refractivity contribution in [3.8, 4) is 0 Å². The monoisotopic (exact) mass is 234 g/mol. The van der Waals surface area contributed by atoms with E-state index >= 15 is 0 Å². The molecule has 0 aliphatic heterocycles. The van der Waals surface area contributed by atoms with Gasteiger partial charge in [-0.25, -0.2) is 0 Å². The lowest BCUT2D eigenvalue weighted by Crippen LogP contribution is -2.16. The Morgan fingerprint density at radius 2 is 1.93 bits per heavy atom. The van der Waals surface area contributed by atoms with Gasteiger partial charge in [0.25, 0.3) is 0 Å². The number of rotatable bonds is 6. The molecule has 0 spiro atoms.